The van der Waals surface area contributed by atoms with Crippen LogP contribution in [0.2, 0.25) is 0 Å². The maximum Gasteiger partial charge on any atom is 0.132 e. The van der Waals surface area contributed by atoms with Crippen LogP contribution in [0, 0.1) is 0 Å². The Morgan fingerprint density at radius 3 is 1.45 bits per heavy atom. The van der Waals surface area contributed by atoms with Crippen molar-refractivity contribution in [3.63, 3.8) is 0 Å². The van der Waals surface area contributed by atoms with E-state index in [1.807, 2.05) is 85.8 Å². The molecule has 0 spiro atoms. The van der Waals surface area contributed by atoms with Gasteiger partial charge in [0.2, 0.25) is 0 Å². The van der Waals surface area contributed by atoms with Gasteiger partial charge in [-0.2, -0.15) is 0 Å². The first-order valence-corrected chi connectivity index (χ1v) is 18.8. The fraction of sp³-hybridized carbons (Fsp3) is 0.318. The van der Waals surface area contributed by atoms with Gasteiger partial charge in [0.25, 0.3) is 0 Å². The minimum Gasteiger partial charge on any atom is -0.374 e. The van der Waals surface area contributed by atoms with Gasteiger partial charge < -0.3 is 28.4 Å². The fourth-order valence-electron chi connectivity index (χ4n) is 6.17. The number of rotatable bonds is 19. The molecule has 0 aromatic heterocycles. The molecule has 1 fully saturated rings. The van der Waals surface area contributed by atoms with E-state index in [2.05, 4.69) is 72.8 Å². The third-order valence-electron chi connectivity index (χ3n) is 8.79. The van der Waals surface area contributed by atoms with Crippen LogP contribution in [0.5, 0.6) is 0 Å². The Hall–Kier alpha value is -3.79. The second-order valence-corrected chi connectivity index (χ2v) is 13.6. The molecule has 1 saturated heterocycles. The monoisotopic (exact) mass is 704 g/mol. The first-order valence-electron chi connectivity index (χ1n) is 17.8. The van der Waals surface area contributed by atoms with E-state index in [1.54, 1.807) is 11.8 Å². The Balaban J connectivity index is 1.31. The molecular formula is C44H48O6S. The lowest BCUT2D eigenvalue weighted by atomic mass is 9.98. The quantitative estimate of drug-likeness (QED) is 0.0850. The molecule has 51 heavy (non-hydrogen) atoms. The molecule has 0 bridgehead atoms. The van der Waals surface area contributed by atoms with Crippen molar-refractivity contribution in [3.8, 4) is 0 Å². The number of benzene rings is 5. The van der Waals surface area contributed by atoms with E-state index in [1.165, 1.54) is 0 Å². The van der Waals surface area contributed by atoms with Crippen molar-refractivity contribution in [2.24, 2.45) is 0 Å². The summed E-state index contributed by atoms with van der Waals surface area (Å²) in [5, 5.41) is 0. The van der Waals surface area contributed by atoms with E-state index >= 15 is 0 Å². The van der Waals surface area contributed by atoms with E-state index < -0.39 is 24.4 Å². The van der Waals surface area contributed by atoms with E-state index in [-0.39, 0.29) is 11.5 Å². The summed E-state index contributed by atoms with van der Waals surface area (Å²) in [7, 11) is 0. The highest BCUT2D eigenvalue weighted by atomic mass is 32.2. The van der Waals surface area contributed by atoms with Gasteiger partial charge in [-0.1, -0.05) is 152 Å². The van der Waals surface area contributed by atoms with Gasteiger partial charge in [0, 0.05) is 12.4 Å². The maximum atomic E-state index is 7.03. The summed E-state index contributed by atoms with van der Waals surface area (Å²) >= 11 is 1.70. The predicted molar refractivity (Wildman–Crippen MR) is 203 cm³/mol. The van der Waals surface area contributed by atoms with Crippen LogP contribution >= 0.6 is 11.8 Å². The van der Waals surface area contributed by atoms with E-state index in [4.69, 9.17) is 28.4 Å². The lowest BCUT2D eigenvalue weighted by molar-refractivity contribution is -0.254. The van der Waals surface area contributed by atoms with Crippen LogP contribution in [0.3, 0.4) is 0 Å². The molecule has 5 aromatic carbocycles. The van der Waals surface area contributed by atoms with Crippen molar-refractivity contribution in [1.29, 1.82) is 0 Å². The smallest absolute Gasteiger partial charge is 0.132 e. The average Bonchev–Trinajstić information content (AvgIpc) is 3.19. The highest BCUT2D eigenvalue weighted by molar-refractivity contribution is 7.99. The molecule has 0 amide bonds. The van der Waals surface area contributed by atoms with Gasteiger partial charge in [-0.3, -0.25) is 0 Å². The van der Waals surface area contributed by atoms with Crippen LogP contribution in [-0.4, -0.2) is 48.8 Å². The largest absolute Gasteiger partial charge is 0.374 e. The summed E-state index contributed by atoms with van der Waals surface area (Å²) in [6.07, 6.45) is -1.92. The van der Waals surface area contributed by atoms with E-state index in [9.17, 15) is 0 Å². The lowest BCUT2D eigenvalue weighted by Gasteiger charge is -2.46. The molecule has 6 nitrogen and oxygen atoms in total. The predicted octanol–water partition coefficient (Wildman–Crippen LogP) is 9.20. The van der Waals surface area contributed by atoms with Gasteiger partial charge >= 0.3 is 0 Å². The van der Waals surface area contributed by atoms with Gasteiger partial charge in [0.05, 0.1) is 39.1 Å². The Morgan fingerprint density at radius 2 is 0.961 bits per heavy atom. The normalized spacial score (nSPS) is 20.9. The molecule has 0 aliphatic carbocycles. The molecule has 6 atom stereocenters. The fourth-order valence-corrected chi connectivity index (χ4v) is 7.47. The standard InChI is InChI=1S/C44H48O6S/c1-2-46-40(38-26-16-7-17-27-38)33-51-44-43(49-31-37-24-14-6-15-25-37)42(48-30-36-22-12-5-13-23-36)41(47-29-35-20-10-4-11-21-35)39(50-44)32-45-28-34-18-8-3-9-19-34/h3-27,39-44H,2,28-33H2,1H3/t39-,40-,41-,42+,43-,44+/m1/s1. The zero-order valence-corrected chi connectivity index (χ0v) is 30.0. The minimum atomic E-state index is -0.473. The summed E-state index contributed by atoms with van der Waals surface area (Å²) in [6.45, 7) is 4.65. The van der Waals surface area contributed by atoms with Crippen LogP contribution in [-0.2, 0) is 54.8 Å². The van der Waals surface area contributed by atoms with E-state index in [0.717, 1.165) is 27.8 Å². The molecule has 6 rings (SSSR count). The average molecular weight is 705 g/mol. The van der Waals surface area contributed by atoms with Crippen molar-refractivity contribution in [1.82, 2.24) is 0 Å². The number of hydrogen-bond donors (Lipinski definition) is 0. The Bertz CT molecular complexity index is 1640. The Labute approximate surface area is 307 Å². The van der Waals surface area contributed by atoms with Crippen LogP contribution in [0.25, 0.3) is 0 Å². The first-order chi connectivity index (χ1) is 25.3. The highest BCUT2D eigenvalue weighted by Gasteiger charge is 2.49. The summed E-state index contributed by atoms with van der Waals surface area (Å²) in [5.74, 6) is 0.673. The molecule has 0 N–H and O–H groups in total. The second-order valence-electron chi connectivity index (χ2n) is 12.5. The number of hydrogen-bond acceptors (Lipinski definition) is 7. The zero-order valence-electron chi connectivity index (χ0n) is 29.2. The van der Waals surface area contributed by atoms with Gasteiger partial charge in [-0.15, -0.1) is 11.8 Å². The third-order valence-corrected chi connectivity index (χ3v) is 9.99. The molecule has 5 aromatic rings. The van der Waals surface area contributed by atoms with Gasteiger partial charge in [0.15, 0.2) is 0 Å². The summed E-state index contributed by atoms with van der Waals surface area (Å²) < 4.78 is 40.2. The summed E-state index contributed by atoms with van der Waals surface area (Å²) in [5.41, 5.74) is 5.08. The van der Waals surface area contributed by atoms with Crippen molar-refractivity contribution in [3.05, 3.63) is 179 Å². The number of ether oxygens (including phenoxy) is 6. The topological polar surface area (TPSA) is 55.4 Å². The molecule has 0 radical (unpaired) electrons. The molecule has 7 heteroatoms. The molecule has 1 aliphatic rings. The van der Waals surface area contributed by atoms with Crippen molar-refractivity contribution >= 4 is 11.8 Å². The van der Waals surface area contributed by atoms with Crippen LogP contribution in [0.4, 0.5) is 0 Å². The minimum absolute atomic E-state index is 0.108. The SMILES string of the molecule is CCO[C@H](CS[C@@H]1O[C@H](COCc2ccccc2)[C@@H](OCc2ccccc2)[C@H](OCc2ccccc2)[C@H]1OCc1ccccc1)c1ccccc1. The molecule has 1 heterocycles. The van der Waals surface area contributed by atoms with Crippen LogP contribution in [0.15, 0.2) is 152 Å². The van der Waals surface area contributed by atoms with Gasteiger partial charge in [0.1, 0.15) is 29.9 Å². The zero-order chi connectivity index (χ0) is 34.9. The highest BCUT2D eigenvalue weighted by Crippen LogP contribution is 2.37. The Kier molecular flexibility index (Phi) is 14.7. The van der Waals surface area contributed by atoms with E-state index in [0.29, 0.717) is 45.4 Å². The van der Waals surface area contributed by atoms with Crippen LogP contribution in [0.1, 0.15) is 40.8 Å². The van der Waals surface area contributed by atoms with Crippen molar-refractivity contribution < 1.29 is 28.4 Å². The number of thioether (sulfide) groups is 1. The molecule has 0 saturated carbocycles. The van der Waals surface area contributed by atoms with Gasteiger partial charge in [-0.05, 0) is 34.7 Å². The van der Waals surface area contributed by atoms with Crippen LogP contribution < -0.4 is 0 Å². The first kappa shape index (κ1) is 37.0. The van der Waals surface area contributed by atoms with Crippen molar-refractivity contribution in [2.75, 3.05) is 19.0 Å². The molecule has 266 valence electrons. The molecule has 0 unspecified atom stereocenters. The molecule has 1 aliphatic heterocycles. The summed E-state index contributed by atoms with van der Waals surface area (Å²) in [4.78, 5) is 0. The lowest BCUT2D eigenvalue weighted by Crippen LogP contribution is -2.60. The van der Waals surface area contributed by atoms with Gasteiger partial charge in [-0.25, -0.2) is 0 Å². The second kappa shape index (κ2) is 20.3. The summed E-state index contributed by atoms with van der Waals surface area (Å²) in [6, 6.07) is 51.3. The maximum absolute atomic E-state index is 7.03. The van der Waals surface area contributed by atoms with Crippen molar-refractivity contribution in [2.45, 2.75) is 69.3 Å². The Morgan fingerprint density at radius 1 is 0.529 bits per heavy atom. The third kappa shape index (κ3) is 11.3. The molecular weight excluding hydrogens is 657 g/mol.